The van der Waals surface area contributed by atoms with Gasteiger partial charge in [-0.1, -0.05) is 152 Å². The summed E-state index contributed by atoms with van der Waals surface area (Å²) in [5.74, 6) is 1.73. The minimum atomic E-state index is 0.850. The highest BCUT2D eigenvalue weighted by atomic mass is 16.5. The zero-order chi connectivity index (χ0) is 37.5. The van der Waals surface area contributed by atoms with Gasteiger partial charge in [0.25, 0.3) is 0 Å². The minimum Gasteiger partial charge on any atom is -0.453 e. The van der Waals surface area contributed by atoms with Gasteiger partial charge in [-0.25, -0.2) is 0 Å². The fraction of sp³-hybridized carbons (Fsp3) is 0. The molecule has 0 N–H and O–H groups in total. The van der Waals surface area contributed by atoms with Crippen molar-refractivity contribution in [2.45, 2.75) is 0 Å². The maximum absolute atomic E-state index is 6.72. The van der Waals surface area contributed by atoms with Gasteiger partial charge in [-0.05, 0) is 93.5 Å². The molecule has 0 saturated carbocycles. The predicted octanol–water partition coefficient (Wildman–Crippen LogP) is 14.7. The van der Waals surface area contributed by atoms with Crippen LogP contribution in [0.5, 0.6) is 11.5 Å². The molecule has 1 aliphatic heterocycles. The molecular weight excluding hydrogens is 693 g/mol. The fourth-order valence-electron chi connectivity index (χ4n) is 9.16. The van der Waals surface area contributed by atoms with Crippen LogP contribution in [0.2, 0.25) is 0 Å². The van der Waals surface area contributed by atoms with E-state index < -0.39 is 0 Å². The zero-order valence-electron chi connectivity index (χ0n) is 30.9. The van der Waals surface area contributed by atoms with Gasteiger partial charge < -0.3 is 13.9 Å². The van der Waals surface area contributed by atoms with E-state index in [1.165, 1.54) is 60.3 Å². The van der Waals surface area contributed by atoms with E-state index in [1.807, 2.05) is 0 Å². The van der Waals surface area contributed by atoms with E-state index in [0.29, 0.717) is 0 Å². The molecule has 3 heteroatoms. The van der Waals surface area contributed by atoms with Gasteiger partial charge >= 0.3 is 0 Å². The van der Waals surface area contributed by atoms with Crippen LogP contribution in [0.25, 0.3) is 99.5 Å². The number of rotatable bonds is 5. The molecule has 0 atom stereocenters. The van der Waals surface area contributed by atoms with Crippen LogP contribution in [-0.2, 0) is 0 Å². The van der Waals surface area contributed by atoms with E-state index >= 15 is 0 Å². The molecule has 0 aliphatic carbocycles. The standard InChI is InChI=1S/C54H34N2O/c1-3-14-35(15-4-1)37-26-29-49-45(32-37)46-33-38(36-16-5-2-6-17-36)27-30-50(46)55(49)47-23-11-9-20-42(47)41-19-8-7-18-40(41)39-28-31-51-53(34-39)57-52-25-13-22-44-43-21-10-12-24-48(43)56(51)54(44)52/h1-34H. The first-order chi connectivity index (χ1) is 28.3. The number of hydrogen-bond donors (Lipinski definition) is 0. The molecule has 0 spiro atoms. The minimum absolute atomic E-state index is 0.850. The van der Waals surface area contributed by atoms with E-state index in [1.54, 1.807) is 0 Å². The number of benzene rings is 9. The van der Waals surface area contributed by atoms with Crippen molar-refractivity contribution in [2.75, 3.05) is 0 Å². The molecule has 1 aliphatic rings. The highest BCUT2D eigenvalue weighted by molar-refractivity contribution is 6.13. The normalized spacial score (nSPS) is 12.0. The molecule has 3 nitrogen and oxygen atoms in total. The summed E-state index contributed by atoms with van der Waals surface area (Å²) >= 11 is 0. The third-order valence-corrected chi connectivity index (χ3v) is 11.7. The van der Waals surface area contributed by atoms with Crippen LogP contribution in [0.3, 0.4) is 0 Å². The van der Waals surface area contributed by atoms with Crippen molar-refractivity contribution in [1.82, 2.24) is 9.13 Å². The lowest BCUT2D eigenvalue weighted by Gasteiger charge is -2.22. The van der Waals surface area contributed by atoms with Crippen LogP contribution in [-0.4, -0.2) is 9.13 Å². The number of fused-ring (bicyclic) bond motifs is 8. The van der Waals surface area contributed by atoms with E-state index in [-0.39, 0.29) is 0 Å². The first-order valence-electron chi connectivity index (χ1n) is 19.5. The summed E-state index contributed by atoms with van der Waals surface area (Å²) in [4.78, 5) is 0. The topological polar surface area (TPSA) is 19.1 Å². The van der Waals surface area contributed by atoms with E-state index in [9.17, 15) is 0 Å². The quantitative estimate of drug-likeness (QED) is 0.173. The summed E-state index contributed by atoms with van der Waals surface area (Å²) in [6.45, 7) is 0. The summed E-state index contributed by atoms with van der Waals surface area (Å²) in [5, 5.41) is 4.89. The molecule has 0 fully saturated rings. The van der Waals surface area contributed by atoms with Crippen LogP contribution in [0, 0.1) is 0 Å². The number of ether oxygens (including phenoxy) is 1. The third-order valence-electron chi connectivity index (χ3n) is 11.7. The number of hydrogen-bond acceptors (Lipinski definition) is 1. The molecule has 0 saturated heterocycles. The third kappa shape index (κ3) is 4.86. The molecular formula is C54H34N2O. The number of para-hydroxylation sites is 3. The molecule has 57 heavy (non-hydrogen) atoms. The van der Waals surface area contributed by atoms with Crippen molar-refractivity contribution >= 4 is 43.6 Å². The number of aromatic nitrogens is 2. The smallest absolute Gasteiger partial charge is 0.152 e. The highest BCUT2D eigenvalue weighted by Crippen LogP contribution is 2.48. The lowest BCUT2D eigenvalue weighted by Crippen LogP contribution is -2.04. The molecule has 12 rings (SSSR count). The Morgan fingerprint density at radius 3 is 1.56 bits per heavy atom. The Balaban J connectivity index is 1.05. The van der Waals surface area contributed by atoms with Crippen LogP contribution >= 0.6 is 0 Å². The zero-order valence-corrected chi connectivity index (χ0v) is 30.9. The van der Waals surface area contributed by atoms with E-state index in [0.717, 1.165) is 50.6 Å². The maximum atomic E-state index is 6.72. The summed E-state index contributed by atoms with van der Waals surface area (Å²) < 4.78 is 11.5. The predicted molar refractivity (Wildman–Crippen MR) is 237 cm³/mol. The van der Waals surface area contributed by atoms with Crippen molar-refractivity contribution in [2.24, 2.45) is 0 Å². The summed E-state index contributed by atoms with van der Waals surface area (Å²) in [6.07, 6.45) is 0. The first kappa shape index (κ1) is 31.7. The average molecular weight is 727 g/mol. The van der Waals surface area contributed by atoms with Crippen LogP contribution in [0.1, 0.15) is 0 Å². The average Bonchev–Trinajstić information content (AvgIpc) is 3.80. The highest BCUT2D eigenvalue weighted by Gasteiger charge is 2.25. The fourth-order valence-corrected chi connectivity index (χ4v) is 9.16. The maximum Gasteiger partial charge on any atom is 0.152 e. The van der Waals surface area contributed by atoms with Crippen molar-refractivity contribution in [3.05, 3.63) is 206 Å². The molecule has 0 bridgehead atoms. The van der Waals surface area contributed by atoms with Crippen molar-refractivity contribution in [1.29, 1.82) is 0 Å². The van der Waals surface area contributed by atoms with Gasteiger partial charge in [0.15, 0.2) is 11.5 Å². The SMILES string of the molecule is c1ccc(-c2ccc3c(c2)c2cc(-c4ccccc4)ccc2n3-c2ccccc2-c2ccccc2-c2ccc3c(c2)Oc2cccc4c5ccccc5n-3c24)cc1. The second-order valence-electron chi connectivity index (χ2n) is 14.9. The lowest BCUT2D eigenvalue weighted by atomic mass is 9.93. The Morgan fingerprint density at radius 2 is 0.842 bits per heavy atom. The van der Waals surface area contributed by atoms with Crippen LogP contribution in [0.15, 0.2) is 206 Å². The Morgan fingerprint density at radius 1 is 0.281 bits per heavy atom. The van der Waals surface area contributed by atoms with Crippen molar-refractivity contribution < 1.29 is 4.74 Å². The van der Waals surface area contributed by atoms with Gasteiger partial charge in [-0.3, -0.25) is 0 Å². The molecule has 11 aromatic rings. The molecule has 3 heterocycles. The summed E-state index contributed by atoms with van der Waals surface area (Å²) in [5.41, 5.74) is 16.2. The van der Waals surface area contributed by atoms with Gasteiger partial charge in [-0.2, -0.15) is 0 Å². The number of nitrogens with zero attached hydrogens (tertiary/aromatic N) is 2. The van der Waals surface area contributed by atoms with Gasteiger partial charge in [0, 0.05) is 27.1 Å². The molecule has 266 valence electrons. The second-order valence-corrected chi connectivity index (χ2v) is 14.9. The molecule has 9 aromatic carbocycles. The molecule has 2 aromatic heterocycles. The van der Waals surface area contributed by atoms with E-state index in [2.05, 4.69) is 215 Å². The van der Waals surface area contributed by atoms with E-state index in [4.69, 9.17) is 4.74 Å². The monoisotopic (exact) mass is 726 g/mol. The second kappa shape index (κ2) is 12.5. The van der Waals surface area contributed by atoms with Crippen LogP contribution < -0.4 is 4.74 Å². The Kier molecular flexibility index (Phi) is 6.93. The first-order valence-corrected chi connectivity index (χ1v) is 19.5. The Hall–Kier alpha value is -7.62. The summed E-state index contributed by atoms with van der Waals surface area (Å²) in [6, 6.07) is 74.4. The van der Waals surface area contributed by atoms with Crippen molar-refractivity contribution in [3.8, 4) is 67.4 Å². The Labute approximate surface area is 329 Å². The van der Waals surface area contributed by atoms with Gasteiger partial charge in [-0.15, -0.1) is 0 Å². The van der Waals surface area contributed by atoms with Gasteiger partial charge in [0.05, 0.1) is 33.4 Å². The van der Waals surface area contributed by atoms with Crippen molar-refractivity contribution in [3.63, 3.8) is 0 Å². The Bertz CT molecular complexity index is 3270. The molecule has 0 radical (unpaired) electrons. The largest absolute Gasteiger partial charge is 0.453 e. The van der Waals surface area contributed by atoms with Crippen LogP contribution in [0.4, 0.5) is 0 Å². The van der Waals surface area contributed by atoms with Gasteiger partial charge in [0.1, 0.15) is 0 Å². The lowest BCUT2D eigenvalue weighted by molar-refractivity contribution is 0.476. The summed E-state index contributed by atoms with van der Waals surface area (Å²) in [7, 11) is 0. The molecule has 0 unspecified atom stereocenters. The van der Waals surface area contributed by atoms with Gasteiger partial charge in [0.2, 0.25) is 0 Å². The molecule has 0 amide bonds.